The van der Waals surface area contributed by atoms with Crippen molar-refractivity contribution in [2.24, 2.45) is 0 Å². The fourth-order valence-electron chi connectivity index (χ4n) is 3.83. The van der Waals surface area contributed by atoms with E-state index in [1.54, 1.807) is 11.5 Å². The number of aromatic nitrogens is 2. The van der Waals surface area contributed by atoms with Crippen LogP contribution in [0.1, 0.15) is 36.9 Å². The number of rotatable bonds is 3. The van der Waals surface area contributed by atoms with E-state index in [1.165, 1.54) is 12.1 Å². The van der Waals surface area contributed by atoms with E-state index < -0.39 is 35.6 Å². The number of hydrogen-bond donors (Lipinski definition) is 0. The monoisotopic (exact) mass is 427 g/mol. The van der Waals surface area contributed by atoms with Crippen molar-refractivity contribution >= 4 is 17.0 Å². The van der Waals surface area contributed by atoms with E-state index in [2.05, 4.69) is 4.98 Å². The minimum Gasteiger partial charge on any atom is -0.342 e. The molecule has 0 spiro atoms. The molecular weight excluding hydrogens is 408 g/mol. The van der Waals surface area contributed by atoms with E-state index >= 15 is 0 Å². The Morgan fingerprint density at radius 2 is 1.60 bits per heavy atom. The summed E-state index contributed by atoms with van der Waals surface area (Å²) in [4.78, 5) is 6.29. The molecule has 2 heterocycles. The van der Waals surface area contributed by atoms with Crippen LogP contribution in [0.25, 0.3) is 11.0 Å². The van der Waals surface area contributed by atoms with Crippen molar-refractivity contribution in [2.75, 3.05) is 18.0 Å². The second kappa shape index (κ2) is 7.52. The van der Waals surface area contributed by atoms with Crippen LogP contribution in [0.4, 0.5) is 32.3 Å². The molecule has 1 aliphatic heterocycles. The number of anilines is 1. The van der Waals surface area contributed by atoms with Gasteiger partial charge >= 0.3 is 6.18 Å². The van der Waals surface area contributed by atoms with Gasteiger partial charge in [-0.25, -0.2) is 18.2 Å². The predicted octanol–water partition coefficient (Wildman–Crippen LogP) is 5.88. The largest absolute Gasteiger partial charge is 0.416 e. The molecule has 1 fully saturated rings. The van der Waals surface area contributed by atoms with Crippen molar-refractivity contribution < 1.29 is 26.3 Å². The van der Waals surface area contributed by atoms with Gasteiger partial charge in [0.25, 0.3) is 0 Å². The van der Waals surface area contributed by atoms with Gasteiger partial charge in [0, 0.05) is 25.2 Å². The molecule has 3 aromatic rings. The third-order valence-electron chi connectivity index (χ3n) is 5.53. The summed E-state index contributed by atoms with van der Waals surface area (Å²) < 4.78 is 81.7. The second-order valence-electron chi connectivity index (χ2n) is 7.49. The van der Waals surface area contributed by atoms with Crippen LogP contribution < -0.4 is 4.90 Å². The number of piperidine rings is 1. The predicted molar refractivity (Wildman–Crippen MR) is 101 cm³/mol. The van der Waals surface area contributed by atoms with E-state index in [9.17, 15) is 26.3 Å². The molecule has 1 aromatic heterocycles. The number of benzene rings is 2. The molecule has 1 saturated heterocycles. The Morgan fingerprint density at radius 3 is 2.20 bits per heavy atom. The molecule has 1 unspecified atom stereocenters. The maximum absolute atomic E-state index is 14.0. The Morgan fingerprint density at radius 1 is 1.00 bits per heavy atom. The zero-order valence-corrected chi connectivity index (χ0v) is 16.1. The van der Waals surface area contributed by atoms with Gasteiger partial charge < -0.3 is 9.47 Å². The number of hydrogen-bond acceptors (Lipinski definition) is 2. The number of halogens is 6. The van der Waals surface area contributed by atoms with Crippen LogP contribution in [0.3, 0.4) is 0 Å². The van der Waals surface area contributed by atoms with Gasteiger partial charge in [0.1, 0.15) is 6.17 Å². The van der Waals surface area contributed by atoms with Crippen LogP contribution in [-0.4, -0.2) is 28.8 Å². The summed E-state index contributed by atoms with van der Waals surface area (Å²) >= 11 is 0. The zero-order chi connectivity index (χ0) is 21.6. The van der Waals surface area contributed by atoms with E-state index in [-0.39, 0.29) is 5.52 Å². The molecule has 0 aliphatic carbocycles. The molecule has 30 heavy (non-hydrogen) atoms. The highest BCUT2D eigenvalue weighted by Gasteiger charge is 2.31. The van der Waals surface area contributed by atoms with Crippen LogP contribution in [0.2, 0.25) is 0 Å². The molecule has 1 aliphatic rings. The summed E-state index contributed by atoms with van der Waals surface area (Å²) in [6.07, 6.45) is -4.76. The van der Waals surface area contributed by atoms with Gasteiger partial charge in [-0.05, 0) is 37.5 Å². The Bertz CT molecular complexity index is 1050. The summed E-state index contributed by atoms with van der Waals surface area (Å²) in [5.74, 6) is -1.67. The summed E-state index contributed by atoms with van der Waals surface area (Å²) in [7, 11) is 0. The number of fused-ring (bicyclic) bond motifs is 1. The average molecular weight is 427 g/mol. The van der Waals surface area contributed by atoms with Gasteiger partial charge in [0.05, 0.1) is 22.6 Å². The first-order valence-corrected chi connectivity index (χ1v) is 9.58. The van der Waals surface area contributed by atoms with E-state index in [0.29, 0.717) is 43.0 Å². The van der Waals surface area contributed by atoms with Crippen LogP contribution in [0.15, 0.2) is 36.4 Å². The third-order valence-corrected chi connectivity index (χ3v) is 5.53. The molecule has 0 radical (unpaired) electrons. The highest BCUT2D eigenvalue weighted by molar-refractivity contribution is 5.79. The van der Waals surface area contributed by atoms with Gasteiger partial charge in [-0.1, -0.05) is 12.1 Å². The van der Waals surface area contributed by atoms with Gasteiger partial charge in [-0.3, -0.25) is 0 Å². The van der Waals surface area contributed by atoms with Crippen LogP contribution in [0, 0.1) is 11.6 Å². The lowest BCUT2D eigenvalue weighted by Crippen LogP contribution is -2.36. The Hall–Kier alpha value is -2.71. The summed E-state index contributed by atoms with van der Waals surface area (Å²) in [5, 5.41) is 0. The van der Waals surface area contributed by atoms with Crippen molar-refractivity contribution in [1.82, 2.24) is 9.55 Å². The first-order valence-electron chi connectivity index (χ1n) is 9.58. The molecule has 0 saturated carbocycles. The fraction of sp³-hybridized carbons (Fsp3) is 0.381. The Balaban J connectivity index is 1.81. The van der Waals surface area contributed by atoms with Gasteiger partial charge in [-0.2, -0.15) is 13.2 Å². The first-order chi connectivity index (χ1) is 14.1. The minimum absolute atomic E-state index is 0.227. The highest BCUT2D eigenvalue weighted by atomic mass is 19.4. The Kier molecular flexibility index (Phi) is 5.15. The van der Waals surface area contributed by atoms with Crippen molar-refractivity contribution in [1.29, 1.82) is 0 Å². The first kappa shape index (κ1) is 20.6. The summed E-state index contributed by atoms with van der Waals surface area (Å²) in [6, 6.07) is 6.20. The standard InChI is InChI=1S/C21H19F6N3/c1-12(13-2-4-14(5-3-13)21(25,26)27)30-19-11-17(24)16(23)10-18(19)28-20(30)29-8-6-15(22)7-9-29/h2-5,10-12,15H,6-9H2,1H3. The lowest BCUT2D eigenvalue weighted by Gasteiger charge is -2.31. The highest BCUT2D eigenvalue weighted by Crippen LogP contribution is 2.35. The van der Waals surface area contributed by atoms with E-state index in [1.807, 2.05) is 4.90 Å². The zero-order valence-electron chi connectivity index (χ0n) is 16.1. The molecule has 4 rings (SSSR count). The normalized spacial score (nSPS) is 17.0. The quantitative estimate of drug-likeness (QED) is 0.487. The lowest BCUT2D eigenvalue weighted by atomic mass is 10.1. The third kappa shape index (κ3) is 3.73. The van der Waals surface area contributed by atoms with E-state index in [4.69, 9.17) is 0 Å². The topological polar surface area (TPSA) is 21.1 Å². The van der Waals surface area contributed by atoms with Gasteiger partial charge in [0.15, 0.2) is 11.6 Å². The molecule has 0 amide bonds. The molecule has 0 bridgehead atoms. The Labute approximate surface area is 168 Å². The van der Waals surface area contributed by atoms with E-state index in [0.717, 1.165) is 24.3 Å². The van der Waals surface area contributed by atoms with Gasteiger partial charge in [0.2, 0.25) is 5.95 Å². The SMILES string of the molecule is CC(c1ccc(C(F)(F)F)cc1)n1c(N2CCC(F)CC2)nc2cc(F)c(F)cc21. The van der Waals surface area contributed by atoms with Gasteiger partial charge in [-0.15, -0.1) is 0 Å². The molecular formula is C21H19F6N3. The molecule has 160 valence electrons. The molecule has 3 nitrogen and oxygen atoms in total. The van der Waals surface area contributed by atoms with Crippen molar-refractivity contribution in [3.8, 4) is 0 Å². The van der Waals surface area contributed by atoms with Crippen LogP contribution in [-0.2, 0) is 6.18 Å². The fourth-order valence-corrected chi connectivity index (χ4v) is 3.83. The molecule has 2 aromatic carbocycles. The summed E-state index contributed by atoms with van der Waals surface area (Å²) in [6.45, 7) is 2.51. The number of imidazole rings is 1. The van der Waals surface area contributed by atoms with Crippen LogP contribution >= 0.6 is 0 Å². The molecule has 0 N–H and O–H groups in total. The summed E-state index contributed by atoms with van der Waals surface area (Å²) in [5.41, 5.74) is 0.324. The van der Waals surface area contributed by atoms with Crippen molar-refractivity contribution in [3.63, 3.8) is 0 Å². The number of nitrogens with zero attached hydrogens (tertiary/aromatic N) is 3. The smallest absolute Gasteiger partial charge is 0.342 e. The average Bonchev–Trinajstić information content (AvgIpc) is 3.06. The van der Waals surface area contributed by atoms with Crippen molar-refractivity contribution in [2.45, 2.75) is 38.2 Å². The maximum Gasteiger partial charge on any atom is 0.416 e. The molecule has 9 heteroatoms. The second-order valence-corrected chi connectivity index (χ2v) is 7.49. The van der Waals surface area contributed by atoms with Crippen LogP contribution in [0.5, 0.6) is 0 Å². The maximum atomic E-state index is 14.0. The lowest BCUT2D eigenvalue weighted by molar-refractivity contribution is -0.137. The molecule has 1 atom stereocenters. The number of alkyl halides is 4. The minimum atomic E-state index is -4.45. The van der Waals surface area contributed by atoms with Crippen molar-refractivity contribution in [3.05, 3.63) is 59.2 Å².